The summed E-state index contributed by atoms with van der Waals surface area (Å²) in [5, 5.41) is 2.79. The van der Waals surface area contributed by atoms with Crippen molar-refractivity contribution < 1.29 is 14.0 Å². The summed E-state index contributed by atoms with van der Waals surface area (Å²) in [6, 6.07) is 10.1. The van der Waals surface area contributed by atoms with Crippen LogP contribution in [-0.4, -0.2) is 16.8 Å². The number of urea groups is 1. The molecular formula is C20H18BrFN2O2. The van der Waals surface area contributed by atoms with E-state index < -0.39 is 17.4 Å². The van der Waals surface area contributed by atoms with Gasteiger partial charge in [0.25, 0.3) is 5.91 Å². The third-order valence-electron chi connectivity index (χ3n) is 5.29. The van der Waals surface area contributed by atoms with Crippen molar-refractivity contribution in [3.63, 3.8) is 0 Å². The van der Waals surface area contributed by atoms with Gasteiger partial charge in [0.05, 0.1) is 6.54 Å². The van der Waals surface area contributed by atoms with Crippen molar-refractivity contribution in [2.75, 3.05) is 0 Å². The van der Waals surface area contributed by atoms with E-state index in [9.17, 15) is 14.0 Å². The quantitative estimate of drug-likeness (QED) is 0.767. The molecule has 1 N–H and O–H groups in total. The second kappa shape index (κ2) is 6.20. The van der Waals surface area contributed by atoms with Gasteiger partial charge < -0.3 is 5.32 Å². The summed E-state index contributed by atoms with van der Waals surface area (Å²) >= 11 is 3.21. The molecule has 0 bridgehead atoms. The van der Waals surface area contributed by atoms with E-state index in [0.29, 0.717) is 10.0 Å². The summed E-state index contributed by atoms with van der Waals surface area (Å²) < 4.78 is 14.7. The average Bonchev–Trinajstić information content (AvgIpc) is 3.15. The Morgan fingerprint density at radius 2 is 1.92 bits per heavy atom. The monoisotopic (exact) mass is 416 g/mol. The lowest BCUT2D eigenvalue weighted by Crippen LogP contribution is -2.41. The van der Waals surface area contributed by atoms with E-state index >= 15 is 0 Å². The van der Waals surface area contributed by atoms with Gasteiger partial charge in [0.2, 0.25) is 0 Å². The smallest absolute Gasteiger partial charge is 0.319 e. The Balaban J connectivity index is 1.64. The van der Waals surface area contributed by atoms with Crippen LogP contribution in [-0.2, 0) is 29.7 Å². The molecule has 4 nitrogen and oxygen atoms in total. The number of nitrogens with zero attached hydrogens (tertiary/aromatic N) is 1. The summed E-state index contributed by atoms with van der Waals surface area (Å²) in [7, 11) is 0. The third-order valence-corrected chi connectivity index (χ3v) is 5.79. The zero-order valence-electron chi connectivity index (χ0n) is 14.3. The summed E-state index contributed by atoms with van der Waals surface area (Å²) in [4.78, 5) is 26.6. The molecule has 0 radical (unpaired) electrons. The number of imide groups is 1. The predicted molar refractivity (Wildman–Crippen MR) is 99.0 cm³/mol. The maximum absolute atomic E-state index is 14.1. The van der Waals surface area contributed by atoms with Gasteiger partial charge in [-0.1, -0.05) is 40.2 Å². The zero-order chi connectivity index (χ0) is 18.5. The highest BCUT2D eigenvalue weighted by Crippen LogP contribution is 2.33. The number of aryl methyl sites for hydroxylation is 2. The van der Waals surface area contributed by atoms with Crippen molar-refractivity contribution >= 4 is 27.9 Å². The molecule has 134 valence electrons. The van der Waals surface area contributed by atoms with Gasteiger partial charge >= 0.3 is 6.03 Å². The highest BCUT2D eigenvalue weighted by atomic mass is 79.9. The topological polar surface area (TPSA) is 49.4 Å². The molecule has 1 aliphatic heterocycles. The number of carbonyl (C=O) groups is 2. The largest absolute Gasteiger partial charge is 0.325 e. The van der Waals surface area contributed by atoms with Crippen molar-refractivity contribution in [2.24, 2.45) is 0 Å². The van der Waals surface area contributed by atoms with Gasteiger partial charge in [0, 0.05) is 10.0 Å². The lowest BCUT2D eigenvalue weighted by Gasteiger charge is -2.23. The van der Waals surface area contributed by atoms with E-state index in [0.717, 1.165) is 29.7 Å². The van der Waals surface area contributed by atoms with E-state index in [2.05, 4.69) is 21.2 Å². The Bertz CT molecular complexity index is 930. The normalized spacial score (nSPS) is 21.9. The molecule has 0 aromatic heterocycles. The fraction of sp³-hybridized carbons (Fsp3) is 0.300. The van der Waals surface area contributed by atoms with E-state index in [1.165, 1.54) is 17.2 Å². The number of amides is 3. The van der Waals surface area contributed by atoms with Crippen molar-refractivity contribution in [3.05, 3.63) is 68.9 Å². The summed E-state index contributed by atoms with van der Waals surface area (Å²) in [5.41, 5.74) is 2.50. The van der Waals surface area contributed by atoms with Gasteiger partial charge in [0.1, 0.15) is 11.4 Å². The van der Waals surface area contributed by atoms with Crippen molar-refractivity contribution in [1.29, 1.82) is 0 Å². The molecule has 26 heavy (non-hydrogen) atoms. The molecule has 1 heterocycles. The van der Waals surface area contributed by atoms with Crippen LogP contribution >= 0.6 is 15.9 Å². The molecule has 6 heteroatoms. The molecule has 1 aliphatic carbocycles. The predicted octanol–water partition coefficient (Wildman–Crippen LogP) is 4.04. The van der Waals surface area contributed by atoms with E-state index in [1.54, 1.807) is 19.1 Å². The first-order valence-corrected chi connectivity index (χ1v) is 9.38. The molecule has 3 amide bonds. The van der Waals surface area contributed by atoms with Gasteiger partial charge in [0.15, 0.2) is 0 Å². The Morgan fingerprint density at radius 1 is 1.15 bits per heavy atom. The van der Waals surface area contributed by atoms with Crippen LogP contribution in [0.25, 0.3) is 0 Å². The molecular weight excluding hydrogens is 399 g/mol. The van der Waals surface area contributed by atoms with Crippen LogP contribution in [0.1, 0.15) is 35.6 Å². The summed E-state index contributed by atoms with van der Waals surface area (Å²) in [6.45, 7) is 1.62. The minimum Gasteiger partial charge on any atom is -0.319 e. The second-order valence-corrected chi connectivity index (χ2v) is 7.93. The third kappa shape index (κ3) is 2.72. The van der Waals surface area contributed by atoms with Crippen molar-refractivity contribution in [3.8, 4) is 0 Å². The fourth-order valence-corrected chi connectivity index (χ4v) is 4.07. The second-order valence-electron chi connectivity index (χ2n) is 7.02. The number of nitrogens with one attached hydrogen (secondary N) is 1. The Hall–Kier alpha value is -2.21. The van der Waals surface area contributed by atoms with E-state index in [-0.39, 0.29) is 12.5 Å². The number of hydrogen-bond donors (Lipinski definition) is 1. The molecule has 0 spiro atoms. The summed E-state index contributed by atoms with van der Waals surface area (Å²) in [5.74, 6) is -0.811. The number of halogens is 2. The molecule has 4 rings (SSSR count). The van der Waals surface area contributed by atoms with Gasteiger partial charge in [-0.05, 0) is 55.0 Å². The first kappa shape index (κ1) is 17.2. The van der Waals surface area contributed by atoms with Crippen LogP contribution < -0.4 is 5.32 Å². The molecule has 1 saturated heterocycles. The molecule has 2 aliphatic rings. The zero-order valence-corrected chi connectivity index (χ0v) is 15.9. The molecule has 2 aromatic rings. The lowest BCUT2D eigenvalue weighted by molar-refractivity contribution is -0.131. The van der Waals surface area contributed by atoms with Gasteiger partial charge in [-0.25, -0.2) is 9.18 Å². The van der Waals surface area contributed by atoms with Crippen LogP contribution in [0.5, 0.6) is 0 Å². The molecule has 1 unspecified atom stereocenters. The highest BCUT2D eigenvalue weighted by Gasteiger charge is 2.49. The number of rotatable bonds is 3. The maximum atomic E-state index is 14.1. The number of hydrogen-bond acceptors (Lipinski definition) is 2. The standard InChI is InChI=1S/C20H18BrFN2O2/c1-20(15-7-5-12-3-2-4-13(12)9-15)18(25)24(19(26)23-20)11-14-6-8-16(21)10-17(14)22/h5-10H,2-4,11H2,1H3,(H,23,26). The molecule has 1 atom stereocenters. The fourth-order valence-electron chi connectivity index (χ4n) is 3.74. The molecule has 2 aromatic carbocycles. The van der Waals surface area contributed by atoms with E-state index in [4.69, 9.17) is 0 Å². The Labute approximate surface area is 159 Å². The number of benzene rings is 2. The number of fused-ring (bicyclic) bond motifs is 1. The van der Waals surface area contributed by atoms with Crippen LogP contribution in [0.3, 0.4) is 0 Å². The Morgan fingerprint density at radius 3 is 2.69 bits per heavy atom. The highest BCUT2D eigenvalue weighted by molar-refractivity contribution is 9.10. The van der Waals surface area contributed by atoms with Crippen molar-refractivity contribution in [1.82, 2.24) is 10.2 Å². The van der Waals surface area contributed by atoms with Crippen LogP contribution in [0, 0.1) is 5.82 Å². The molecule has 0 saturated carbocycles. The van der Waals surface area contributed by atoms with Gasteiger partial charge in [-0.15, -0.1) is 0 Å². The minimum absolute atomic E-state index is 0.0929. The van der Waals surface area contributed by atoms with Crippen LogP contribution in [0.4, 0.5) is 9.18 Å². The number of carbonyl (C=O) groups excluding carboxylic acids is 2. The minimum atomic E-state index is -1.12. The van der Waals surface area contributed by atoms with Gasteiger partial charge in [-0.3, -0.25) is 9.69 Å². The van der Waals surface area contributed by atoms with E-state index in [1.807, 2.05) is 18.2 Å². The lowest BCUT2D eigenvalue weighted by atomic mass is 9.89. The van der Waals surface area contributed by atoms with Crippen LogP contribution in [0.2, 0.25) is 0 Å². The first-order valence-electron chi connectivity index (χ1n) is 8.59. The van der Waals surface area contributed by atoms with Crippen LogP contribution in [0.15, 0.2) is 40.9 Å². The molecule has 1 fully saturated rings. The van der Waals surface area contributed by atoms with Gasteiger partial charge in [-0.2, -0.15) is 0 Å². The Kier molecular flexibility index (Phi) is 4.10. The summed E-state index contributed by atoms with van der Waals surface area (Å²) in [6.07, 6.45) is 3.17. The average molecular weight is 417 g/mol. The van der Waals surface area contributed by atoms with Crippen molar-refractivity contribution in [2.45, 2.75) is 38.3 Å². The first-order chi connectivity index (χ1) is 12.4. The maximum Gasteiger partial charge on any atom is 0.325 e. The SMILES string of the molecule is CC1(c2ccc3c(c2)CCC3)NC(=O)N(Cc2ccc(Br)cc2F)C1=O.